The fraction of sp³-hybridized carbons (Fsp3) is 0.615. The second kappa shape index (κ2) is 6.02. The largest absolute Gasteiger partial charge is 0.468 e. The maximum atomic E-state index is 11.9. The summed E-state index contributed by atoms with van der Waals surface area (Å²) in [6.07, 6.45) is 3.16. The normalized spacial score (nSPS) is 21.2. The minimum Gasteiger partial charge on any atom is -0.468 e. The molecule has 1 fully saturated rings. The van der Waals surface area contributed by atoms with Crippen molar-refractivity contribution in [3.8, 4) is 0 Å². The molecule has 5 heteroatoms. The Hall–Kier alpha value is -1.33. The molecular formula is C13H20N2O3. The second-order valence-electron chi connectivity index (χ2n) is 4.74. The standard InChI is InChI=1S/C13H20N2O3/c1-15(2)10(11-5-3-7-17-11)9-14-13(16)12-6-4-8-18-12/h3,5,7,10,12H,4,6,8-9H2,1-2H3,(H,14,16)/t10-,12-/m1/s1. The van der Waals surface area contributed by atoms with Crippen LogP contribution in [0.1, 0.15) is 24.6 Å². The van der Waals surface area contributed by atoms with E-state index in [4.69, 9.17) is 9.15 Å². The first kappa shape index (κ1) is 13.1. The van der Waals surface area contributed by atoms with Gasteiger partial charge in [-0.25, -0.2) is 0 Å². The summed E-state index contributed by atoms with van der Waals surface area (Å²) in [6.45, 7) is 1.21. The molecular weight excluding hydrogens is 232 g/mol. The smallest absolute Gasteiger partial charge is 0.249 e. The highest BCUT2D eigenvalue weighted by molar-refractivity contribution is 5.80. The predicted molar refractivity (Wildman–Crippen MR) is 67.1 cm³/mol. The first-order valence-corrected chi connectivity index (χ1v) is 6.27. The van der Waals surface area contributed by atoms with Gasteiger partial charge in [0.25, 0.3) is 0 Å². The van der Waals surface area contributed by atoms with Gasteiger partial charge in [-0.2, -0.15) is 0 Å². The van der Waals surface area contributed by atoms with Gasteiger partial charge in [0, 0.05) is 13.2 Å². The number of hydrogen-bond acceptors (Lipinski definition) is 4. The molecule has 0 saturated carbocycles. The van der Waals surface area contributed by atoms with Crippen LogP contribution in [0, 0.1) is 0 Å². The molecule has 1 aromatic rings. The summed E-state index contributed by atoms with van der Waals surface area (Å²) < 4.78 is 10.7. The molecule has 0 bridgehead atoms. The lowest BCUT2D eigenvalue weighted by Crippen LogP contribution is -2.39. The van der Waals surface area contributed by atoms with Gasteiger partial charge in [-0.15, -0.1) is 0 Å². The first-order valence-electron chi connectivity index (χ1n) is 6.27. The molecule has 5 nitrogen and oxygen atoms in total. The number of nitrogens with one attached hydrogen (secondary N) is 1. The summed E-state index contributed by atoms with van der Waals surface area (Å²) in [7, 11) is 3.93. The molecule has 0 spiro atoms. The molecule has 1 N–H and O–H groups in total. The summed E-state index contributed by atoms with van der Waals surface area (Å²) in [5, 5.41) is 2.93. The van der Waals surface area contributed by atoms with Crippen LogP contribution in [0.5, 0.6) is 0 Å². The Labute approximate surface area is 107 Å². The lowest BCUT2D eigenvalue weighted by molar-refractivity contribution is -0.130. The van der Waals surface area contributed by atoms with E-state index < -0.39 is 0 Å². The summed E-state index contributed by atoms with van der Waals surface area (Å²) in [5.41, 5.74) is 0. The molecule has 2 rings (SSSR count). The Morgan fingerprint density at radius 1 is 1.61 bits per heavy atom. The Kier molecular flexibility index (Phi) is 4.38. The molecule has 2 heterocycles. The molecule has 1 aromatic heterocycles. The average molecular weight is 252 g/mol. The Morgan fingerprint density at radius 3 is 3.00 bits per heavy atom. The number of rotatable bonds is 5. The molecule has 0 aromatic carbocycles. The zero-order chi connectivity index (χ0) is 13.0. The number of carbonyl (C=O) groups is 1. The summed E-state index contributed by atoms with van der Waals surface area (Å²) >= 11 is 0. The van der Waals surface area contributed by atoms with Crippen molar-refractivity contribution in [2.75, 3.05) is 27.2 Å². The Balaban J connectivity index is 1.88. The van der Waals surface area contributed by atoms with Crippen molar-refractivity contribution in [3.63, 3.8) is 0 Å². The molecule has 0 radical (unpaired) electrons. The van der Waals surface area contributed by atoms with Crippen molar-refractivity contribution in [2.45, 2.75) is 25.0 Å². The number of amides is 1. The minimum atomic E-state index is -0.274. The van der Waals surface area contributed by atoms with Crippen LogP contribution in [0.2, 0.25) is 0 Å². The van der Waals surface area contributed by atoms with Crippen LogP contribution in [0.3, 0.4) is 0 Å². The molecule has 1 aliphatic rings. The minimum absolute atomic E-state index is 0.0223. The fourth-order valence-corrected chi connectivity index (χ4v) is 2.11. The number of ether oxygens (including phenoxy) is 1. The lowest BCUT2D eigenvalue weighted by atomic mass is 10.2. The molecule has 100 valence electrons. The number of hydrogen-bond donors (Lipinski definition) is 1. The molecule has 0 unspecified atom stereocenters. The third-order valence-corrected chi connectivity index (χ3v) is 3.19. The van der Waals surface area contributed by atoms with E-state index in [9.17, 15) is 4.79 Å². The third kappa shape index (κ3) is 3.11. The van der Waals surface area contributed by atoms with Crippen LogP contribution in [0.15, 0.2) is 22.8 Å². The number of nitrogens with zero attached hydrogens (tertiary/aromatic N) is 1. The van der Waals surface area contributed by atoms with Gasteiger partial charge in [0.1, 0.15) is 11.9 Å². The Morgan fingerprint density at radius 2 is 2.44 bits per heavy atom. The van der Waals surface area contributed by atoms with E-state index in [1.165, 1.54) is 0 Å². The van der Waals surface area contributed by atoms with Crippen molar-refractivity contribution in [1.29, 1.82) is 0 Å². The quantitative estimate of drug-likeness (QED) is 0.855. The highest BCUT2D eigenvalue weighted by Gasteiger charge is 2.25. The molecule has 1 amide bonds. The van der Waals surface area contributed by atoms with E-state index in [2.05, 4.69) is 5.32 Å². The van der Waals surface area contributed by atoms with E-state index >= 15 is 0 Å². The Bertz CT molecular complexity index is 370. The maximum absolute atomic E-state index is 11.9. The SMILES string of the molecule is CN(C)[C@H](CNC(=O)[C@H]1CCCO1)c1ccco1. The molecule has 1 aliphatic heterocycles. The van der Waals surface area contributed by atoms with E-state index in [-0.39, 0.29) is 18.1 Å². The zero-order valence-electron chi connectivity index (χ0n) is 10.9. The van der Waals surface area contributed by atoms with Gasteiger partial charge in [-0.3, -0.25) is 9.69 Å². The molecule has 0 aliphatic carbocycles. The lowest BCUT2D eigenvalue weighted by Gasteiger charge is -2.23. The number of likely N-dealkylation sites (N-methyl/N-ethyl adjacent to an activating group) is 1. The van der Waals surface area contributed by atoms with Crippen LogP contribution in [0.25, 0.3) is 0 Å². The maximum Gasteiger partial charge on any atom is 0.249 e. The van der Waals surface area contributed by atoms with E-state index in [0.717, 1.165) is 18.6 Å². The zero-order valence-corrected chi connectivity index (χ0v) is 10.9. The second-order valence-corrected chi connectivity index (χ2v) is 4.74. The first-order chi connectivity index (χ1) is 8.68. The highest BCUT2D eigenvalue weighted by Crippen LogP contribution is 2.18. The third-order valence-electron chi connectivity index (χ3n) is 3.19. The van der Waals surface area contributed by atoms with E-state index in [1.807, 2.05) is 31.1 Å². The van der Waals surface area contributed by atoms with E-state index in [1.54, 1.807) is 6.26 Å². The predicted octanol–water partition coefficient (Wildman–Crippen LogP) is 1.18. The van der Waals surface area contributed by atoms with E-state index in [0.29, 0.717) is 13.2 Å². The molecule has 2 atom stereocenters. The van der Waals surface area contributed by atoms with Crippen LogP contribution < -0.4 is 5.32 Å². The van der Waals surface area contributed by atoms with Crippen LogP contribution >= 0.6 is 0 Å². The van der Waals surface area contributed by atoms with Gasteiger partial charge in [-0.1, -0.05) is 0 Å². The van der Waals surface area contributed by atoms with Gasteiger partial charge < -0.3 is 14.5 Å². The van der Waals surface area contributed by atoms with Crippen LogP contribution in [-0.2, 0) is 9.53 Å². The van der Waals surface area contributed by atoms with Crippen molar-refractivity contribution in [1.82, 2.24) is 10.2 Å². The van der Waals surface area contributed by atoms with Crippen molar-refractivity contribution in [2.24, 2.45) is 0 Å². The number of furan rings is 1. The monoisotopic (exact) mass is 252 g/mol. The average Bonchev–Trinajstić information content (AvgIpc) is 3.01. The fourth-order valence-electron chi connectivity index (χ4n) is 2.11. The van der Waals surface area contributed by atoms with Gasteiger partial charge >= 0.3 is 0 Å². The van der Waals surface area contributed by atoms with Crippen molar-refractivity contribution >= 4 is 5.91 Å². The number of carbonyl (C=O) groups excluding carboxylic acids is 1. The van der Waals surface area contributed by atoms with Crippen molar-refractivity contribution in [3.05, 3.63) is 24.2 Å². The molecule has 18 heavy (non-hydrogen) atoms. The highest BCUT2D eigenvalue weighted by atomic mass is 16.5. The van der Waals surface area contributed by atoms with Gasteiger partial charge in [0.15, 0.2) is 0 Å². The van der Waals surface area contributed by atoms with Gasteiger partial charge in [-0.05, 0) is 39.1 Å². The molecule has 1 saturated heterocycles. The summed E-state index contributed by atoms with van der Waals surface area (Å²) in [4.78, 5) is 13.9. The van der Waals surface area contributed by atoms with Crippen LogP contribution in [-0.4, -0.2) is 44.2 Å². The summed E-state index contributed by atoms with van der Waals surface area (Å²) in [6, 6.07) is 3.82. The summed E-state index contributed by atoms with van der Waals surface area (Å²) in [5.74, 6) is 0.832. The van der Waals surface area contributed by atoms with Gasteiger partial charge in [0.2, 0.25) is 5.91 Å². The van der Waals surface area contributed by atoms with Gasteiger partial charge in [0.05, 0.1) is 12.3 Å². The van der Waals surface area contributed by atoms with Crippen LogP contribution in [0.4, 0.5) is 0 Å². The van der Waals surface area contributed by atoms with Crippen molar-refractivity contribution < 1.29 is 13.9 Å². The topological polar surface area (TPSA) is 54.7 Å².